The molecule has 0 saturated carbocycles. The maximum absolute atomic E-state index is 13.5. The van der Waals surface area contributed by atoms with Crippen LogP contribution in [-0.4, -0.2) is 30.5 Å². The highest BCUT2D eigenvalue weighted by atomic mass is 19.4. The summed E-state index contributed by atoms with van der Waals surface area (Å²) in [6, 6.07) is 12.2. The normalized spacial score (nSPS) is 20.2. The number of alkyl halides is 3. The van der Waals surface area contributed by atoms with Crippen molar-refractivity contribution in [2.75, 3.05) is 13.5 Å². The average molecular weight is 409 g/mol. The number of nitrogens with zero attached hydrogens (tertiary/aromatic N) is 2. The Kier molecular flexibility index (Phi) is 4.59. The number of fused-ring (bicyclic) bond motifs is 1. The molecule has 0 radical (unpaired) electrons. The average Bonchev–Trinajstić information content (AvgIpc) is 3.08. The first-order valence-electron chi connectivity index (χ1n) is 10.2. The number of benzene rings is 2. The van der Waals surface area contributed by atoms with Crippen LogP contribution in [0.15, 0.2) is 42.5 Å². The standard InChI is InChI=1S/C21H18F4N2O2/c1-27(19(28)21(23,24)25)10-2-9-20(16-4-6-17(22)7-5-16)18-8-3-14(12-26)11-15(18)13-29-20/h3-8,11H,2,9-10,13H2,1H3/i1D3. The van der Waals surface area contributed by atoms with Gasteiger partial charge in [0.25, 0.3) is 0 Å². The fourth-order valence-electron chi connectivity index (χ4n) is 3.51. The molecule has 8 heteroatoms. The molecule has 1 amide bonds. The van der Waals surface area contributed by atoms with E-state index in [2.05, 4.69) is 0 Å². The Balaban J connectivity index is 1.93. The van der Waals surface area contributed by atoms with Gasteiger partial charge < -0.3 is 9.64 Å². The predicted octanol–water partition coefficient (Wildman–Crippen LogP) is 4.27. The van der Waals surface area contributed by atoms with Gasteiger partial charge in [-0.25, -0.2) is 4.39 Å². The minimum Gasteiger partial charge on any atom is -0.361 e. The molecule has 1 aliphatic rings. The van der Waals surface area contributed by atoms with Gasteiger partial charge in [0.1, 0.15) is 11.4 Å². The molecule has 0 spiro atoms. The summed E-state index contributed by atoms with van der Waals surface area (Å²) in [7, 11) is 0. The molecule has 0 aromatic heterocycles. The van der Waals surface area contributed by atoms with Crippen LogP contribution in [0.4, 0.5) is 17.6 Å². The second kappa shape index (κ2) is 7.84. The third-order valence-corrected chi connectivity index (χ3v) is 4.85. The number of carbonyl (C=O) groups excluding carboxylic acids is 1. The summed E-state index contributed by atoms with van der Waals surface area (Å²) in [4.78, 5) is 11.5. The molecule has 0 N–H and O–H groups in total. The van der Waals surface area contributed by atoms with Crippen molar-refractivity contribution in [3.05, 3.63) is 70.5 Å². The van der Waals surface area contributed by atoms with Gasteiger partial charge in [0.2, 0.25) is 0 Å². The summed E-state index contributed by atoms with van der Waals surface area (Å²) in [5.74, 6) is -2.94. The van der Waals surface area contributed by atoms with Crippen molar-refractivity contribution in [1.29, 1.82) is 5.26 Å². The Morgan fingerprint density at radius 3 is 2.66 bits per heavy atom. The molecule has 0 aliphatic carbocycles. The van der Waals surface area contributed by atoms with Crippen LogP contribution in [0.3, 0.4) is 0 Å². The lowest BCUT2D eigenvalue weighted by Gasteiger charge is -2.31. The van der Waals surface area contributed by atoms with E-state index in [4.69, 9.17) is 14.1 Å². The first-order chi connectivity index (χ1) is 14.9. The fraction of sp³-hybridized carbons (Fsp3) is 0.333. The van der Waals surface area contributed by atoms with E-state index in [0.29, 0.717) is 22.3 Å². The van der Waals surface area contributed by atoms with Gasteiger partial charge in [-0.3, -0.25) is 4.79 Å². The summed E-state index contributed by atoms with van der Waals surface area (Å²) in [6.45, 7) is -3.86. The van der Waals surface area contributed by atoms with Gasteiger partial charge in [0, 0.05) is 17.6 Å². The highest BCUT2D eigenvalue weighted by Gasteiger charge is 2.43. The summed E-state index contributed by atoms with van der Waals surface area (Å²) in [5, 5.41) is 9.13. The third-order valence-electron chi connectivity index (χ3n) is 4.85. The molecule has 0 saturated heterocycles. The van der Waals surface area contributed by atoms with E-state index < -0.39 is 37.0 Å². The lowest BCUT2D eigenvalue weighted by Crippen LogP contribution is -2.39. The van der Waals surface area contributed by atoms with Crippen molar-refractivity contribution < 1.29 is 31.2 Å². The van der Waals surface area contributed by atoms with Crippen LogP contribution in [0.1, 0.15) is 39.2 Å². The Morgan fingerprint density at radius 2 is 2.03 bits per heavy atom. The topological polar surface area (TPSA) is 53.3 Å². The molecule has 1 aliphatic heterocycles. The number of ether oxygens (including phenoxy) is 1. The Bertz CT molecular complexity index is 1050. The molecule has 0 fully saturated rings. The van der Waals surface area contributed by atoms with Crippen LogP contribution in [-0.2, 0) is 21.7 Å². The van der Waals surface area contributed by atoms with E-state index in [0.717, 1.165) is 0 Å². The van der Waals surface area contributed by atoms with Crippen molar-refractivity contribution in [1.82, 2.24) is 4.90 Å². The Hall–Kier alpha value is -2.92. The Morgan fingerprint density at radius 1 is 1.31 bits per heavy atom. The summed E-state index contributed by atoms with van der Waals surface area (Å²) in [5.41, 5.74) is 1.05. The molecule has 29 heavy (non-hydrogen) atoms. The minimum atomic E-state index is -5.33. The van der Waals surface area contributed by atoms with Crippen molar-refractivity contribution >= 4 is 5.91 Å². The zero-order chi connectivity index (χ0) is 23.7. The van der Waals surface area contributed by atoms with E-state index in [1.54, 1.807) is 18.2 Å². The van der Waals surface area contributed by atoms with Crippen LogP contribution in [0.5, 0.6) is 0 Å². The first-order valence-corrected chi connectivity index (χ1v) is 8.71. The van der Waals surface area contributed by atoms with Gasteiger partial charge in [-0.2, -0.15) is 18.4 Å². The van der Waals surface area contributed by atoms with E-state index >= 15 is 0 Å². The largest absolute Gasteiger partial charge is 0.471 e. The van der Waals surface area contributed by atoms with Gasteiger partial charge in [0.15, 0.2) is 0 Å². The van der Waals surface area contributed by atoms with Crippen LogP contribution in [0.25, 0.3) is 0 Å². The summed E-state index contributed by atoms with van der Waals surface area (Å²) >= 11 is 0. The van der Waals surface area contributed by atoms with Crippen LogP contribution in [0, 0.1) is 17.1 Å². The molecule has 1 unspecified atom stereocenters. The van der Waals surface area contributed by atoms with Crippen molar-refractivity contribution in [2.45, 2.75) is 31.2 Å². The maximum atomic E-state index is 13.5. The van der Waals surface area contributed by atoms with Crippen LogP contribution in [0.2, 0.25) is 0 Å². The molecule has 3 rings (SSSR count). The van der Waals surface area contributed by atoms with Gasteiger partial charge in [-0.05, 0) is 53.8 Å². The Labute approximate surface area is 169 Å². The quantitative estimate of drug-likeness (QED) is 0.693. The summed E-state index contributed by atoms with van der Waals surface area (Å²) in [6.07, 6.45) is -5.44. The SMILES string of the molecule is [2H]C([2H])([2H])N(CCCC1(c2ccc(F)cc2)OCc2cc(C#N)ccc21)C(=O)C(F)(F)F. The van der Waals surface area contributed by atoms with Crippen molar-refractivity contribution in [2.24, 2.45) is 0 Å². The van der Waals surface area contributed by atoms with Gasteiger partial charge in [0.05, 0.1) is 18.2 Å². The van der Waals surface area contributed by atoms with E-state index in [1.165, 1.54) is 24.3 Å². The molecular weight excluding hydrogens is 388 g/mol. The minimum absolute atomic E-state index is 0.0231. The molecule has 152 valence electrons. The van der Waals surface area contributed by atoms with Crippen molar-refractivity contribution in [3.8, 4) is 6.07 Å². The molecule has 2 aromatic rings. The number of amides is 1. The van der Waals surface area contributed by atoms with Gasteiger partial charge in [-0.15, -0.1) is 0 Å². The fourth-order valence-corrected chi connectivity index (χ4v) is 3.51. The lowest BCUT2D eigenvalue weighted by atomic mass is 9.81. The van der Waals surface area contributed by atoms with E-state index in [1.807, 2.05) is 6.07 Å². The molecule has 1 heterocycles. The monoisotopic (exact) mass is 409 g/mol. The molecular formula is C21H18F4N2O2. The van der Waals surface area contributed by atoms with Gasteiger partial charge in [-0.1, -0.05) is 18.2 Å². The number of hydrogen-bond acceptors (Lipinski definition) is 3. The number of hydrogen-bond donors (Lipinski definition) is 0. The number of nitriles is 1. The third kappa shape index (κ3) is 4.10. The van der Waals surface area contributed by atoms with E-state index in [-0.39, 0.29) is 24.3 Å². The predicted molar refractivity (Wildman–Crippen MR) is 96.1 cm³/mol. The smallest absolute Gasteiger partial charge is 0.361 e. The second-order valence-electron chi connectivity index (χ2n) is 6.66. The number of rotatable bonds is 5. The highest BCUT2D eigenvalue weighted by molar-refractivity contribution is 5.81. The summed E-state index contributed by atoms with van der Waals surface area (Å²) < 4.78 is 80.1. The zero-order valence-electron chi connectivity index (χ0n) is 18.1. The molecule has 0 bridgehead atoms. The maximum Gasteiger partial charge on any atom is 0.471 e. The number of carbonyl (C=O) groups is 1. The highest BCUT2D eigenvalue weighted by Crippen LogP contribution is 2.45. The van der Waals surface area contributed by atoms with E-state index in [9.17, 15) is 22.4 Å². The number of halogens is 4. The molecule has 1 atom stereocenters. The van der Waals surface area contributed by atoms with Crippen LogP contribution >= 0.6 is 0 Å². The molecule has 2 aromatic carbocycles. The lowest BCUT2D eigenvalue weighted by molar-refractivity contribution is -0.184. The molecule has 4 nitrogen and oxygen atoms in total. The first kappa shape index (κ1) is 17.0. The second-order valence-corrected chi connectivity index (χ2v) is 6.66. The zero-order valence-corrected chi connectivity index (χ0v) is 15.1. The van der Waals surface area contributed by atoms with Crippen LogP contribution < -0.4 is 0 Å². The van der Waals surface area contributed by atoms with Gasteiger partial charge >= 0.3 is 12.1 Å². The van der Waals surface area contributed by atoms with Crippen molar-refractivity contribution in [3.63, 3.8) is 0 Å².